The molecular weight excluding hydrogens is 94.0 g/mol. The molecule has 0 N–H and O–H groups in total. The van der Waals surface area contributed by atoms with Gasteiger partial charge >= 0.3 is 0 Å². The monoisotopic (exact) mass is 99.0 g/mol. The Kier molecular flexibility index (Phi) is 0.978. The average Bonchev–Trinajstić information content (AvgIpc) is 1.69. The van der Waals surface area contributed by atoms with Gasteiger partial charge in [0.05, 0.1) is 6.26 Å². The van der Waals surface area contributed by atoms with Crippen molar-refractivity contribution in [3.05, 3.63) is 17.5 Å². The predicted octanol–water partition coefficient (Wildman–Crippen LogP) is 0.0689. The largest absolute Gasteiger partial charge is 0.621 e. The first-order chi connectivity index (χ1) is 3.39. The van der Waals surface area contributed by atoms with E-state index in [1.54, 1.807) is 6.08 Å². The molecular formula is C4H5NO2. The Labute approximate surface area is 41.1 Å². The molecule has 0 fully saturated rings. The Bertz CT molecular complexity index is 117. The van der Waals surface area contributed by atoms with Gasteiger partial charge in [0.25, 0.3) is 6.73 Å². The summed E-state index contributed by atoms with van der Waals surface area (Å²) in [4.78, 5) is 0. The van der Waals surface area contributed by atoms with Crippen LogP contribution in [0, 0.1) is 5.21 Å². The molecule has 0 aromatic rings. The zero-order chi connectivity index (χ0) is 5.11. The third kappa shape index (κ3) is 0.924. The van der Waals surface area contributed by atoms with E-state index in [9.17, 15) is 5.21 Å². The molecule has 0 radical (unpaired) electrons. The number of hydroxylamine groups is 1. The van der Waals surface area contributed by atoms with Gasteiger partial charge < -0.3 is 9.94 Å². The van der Waals surface area contributed by atoms with Crippen LogP contribution < -0.4 is 0 Å². The lowest BCUT2D eigenvalue weighted by molar-refractivity contribution is -0.497. The number of hydrogen-bond acceptors (Lipinski definition) is 2. The van der Waals surface area contributed by atoms with E-state index in [1.807, 2.05) is 0 Å². The van der Waals surface area contributed by atoms with Crippen LogP contribution in [-0.2, 0) is 4.74 Å². The average molecular weight is 99.1 g/mol. The molecule has 0 unspecified atom stereocenters. The highest BCUT2D eigenvalue weighted by molar-refractivity contribution is 5.65. The lowest BCUT2D eigenvalue weighted by atomic mass is 10.6. The number of hydrogen-bond donors (Lipinski definition) is 0. The minimum Gasteiger partial charge on any atom is -0.621 e. The summed E-state index contributed by atoms with van der Waals surface area (Å²) in [6, 6.07) is 0. The smallest absolute Gasteiger partial charge is 0.296 e. The summed E-state index contributed by atoms with van der Waals surface area (Å²) in [6.07, 6.45) is 4.44. The maximum Gasteiger partial charge on any atom is 0.296 e. The molecule has 0 aliphatic carbocycles. The van der Waals surface area contributed by atoms with E-state index in [2.05, 4.69) is 4.74 Å². The Morgan fingerprint density at radius 1 is 1.71 bits per heavy atom. The molecule has 0 bridgehead atoms. The van der Waals surface area contributed by atoms with Gasteiger partial charge in [-0.25, -0.2) is 0 Å². The zero-order valence-corrected chi connectivity index (χ0v) is 3.70. The van der Waals surface area contributed by atoms with Gasteiger partial charge in [0.15, 0.2) is 6.21 Å². The van der Waals surface area contributed by atoms with Crippen LogP contribution in [0.25, 0.3) is 0 Å². The number of rotatable bonds is 0. The lowest BCUT2D eigenvalue weighted by Gasteiger charge is -2.03. The predicted molar refractivity (Wildman–Crippen MR) is 24.8 cm³/mol. The second-order valence-corrected chi connectivity index (χ2v) is 1.19. The summed E-state index contributed by atoms with van der Waals surface area (Å²) < 4.78 is 5.29. The number of allylic oxidation sites excluding steroid dienone is 1. The standard InChI is InChI=1S/C4H5NO2/c6-5-2-1-3-7-4-5/h1-3H,4H2. The maximum atomic E-state index is 10.1. The fourth-order valence-electron chi connectivity index (χ4n) is 0.346. The highest BCUT2D eigenvalue weighted by Gasteiger charge is 1.91. The van der Waals surface area contributed by atoms with Gasteiger partial charge in [0.1, 0.15) is 0 Å². The molecule has 0 saturated carbocycles. The Morgan fingerprint density at radius 3 is 2.86 bits per heavy atom. The van der Waals surface area contributed by atoms with Gasteiger partial charge in [-0.1, -0.05) is 0 Å². The summed E-state index contributed by atoms with van der Waals surface area (Å²) in [5.41, 5.74) is 0. The number of ether oxygens (including phenoxy) is 1. The van der Waals surface area contributed by atoms with E-state index in [1.165, 1.54) is 12.5 Å². The fourth-order valence-corrected chi connectivity index (χ4v) is 0.346. The summed E-state index contributed by atoms with van der Waals surface area (Å²) >= 11 is 0. The van der Waals surface area contributed by atoms with E-state index < -0.39 is 0 Å². The SMILES string of the molecule is [O-][N+]1=CC=COC1. The van der Waals surface area contributed by atoms with Gasteiger partial charge in [0, 0.05) is 6.08 Å². The van der Waals surface area contributed by atoms with Gasteiger partial charge in [-0.15, -0.1) is 0 Å². The minimum atomic E-state index is 0.122. The van der Waals surface area contributed by atoms with Crippen molar-refractivity contribution in [3.63, 3.8) is 0 Å². The van der Waals surface area contributed by atoms with E-state index >= 15 is 0 Å². The molecule has 0 spiro atoms. The second-order valence-electron chi connectivity index (χ2n) is 1.19. The molecule has 0 amide bonds. The molecule has 0 aromatic heterocycles. The molecule has 0 atom stereocenters. The molecule has 1 rings (SSSR count). The van der Waals surface area contributed by atoms with Crippen molar-refractivity contribution >= 4 is 6.21 Å². The van der Waals surface area contributed by atoms with Crippen LogP contribution in [0.3, 0.4) is 0 Å². The molecule has 3 nitrogen and oxygen atoms in total. The second kappa shape index (κ2) is 1.64. The van der Waals surface area contributed by atoms with Crippen LogP contribution in [-0.4, -0.2) is 17.7 Å². The molecule has 1 aliphatic heterocycles. The van der Waals surface area contributed by atoms with Gasteiger partial charge in [0.2, 0.25) is 0 Å². The quantitative estimate of drug-likeness (QED) is 0.318. The molecule has 3 heteroatoms. The first-order valence-electron chi connectivity index (χ1n) is 1.95. The highest BCUT2D eigenvalue weighted by Crippen LogP contribution is 1.82. The van der Waals surface area contributed by atoms with E-state index in [0.29, 0.717) is 4.74 Å². The highest BCUT2D eigenvalue weighted by atomic mass is 16.6. The fraction of sp³-hybridized carbons (Fsp3) is 0.250. The molecule has 1 heterocycles. The summed E-state index contributed by atoms with van der Waals surface area (Å²) in [5.74, 6) is 0. The van der Waals surface area contributed by atoms with E-state index in [-0.39, 0.29) is 6.73 Å². The molecule has 0 saturated heterocycles. The first-order valence-corrected chi connectivity index (χ1v) is 1.95. The molecule has 0 aromatic carbocycles. The molecule has 7 heavy (non-hydrogen) atoms. The van der Waals surface area contributed by atoms with Crippen LogP contribution in [0.1, 0.15) is 0 Å². The Morgan fingerprint density at radius 2 is 2.57 bits per heavy atom. The third-order valence-corrected chi connectivity index (χ3v) is 0.629. The van der Waals surface area contributed by atoms with Crippen LogP contribution in [0.4, 0.5) is 0 Å². The van der Waals surface area contributed by atoms with Crippen LogP contribution in [0.2, 0.25) is 0 Å². The summed E-state index contributed by atoms with van der Waals surface area (Å²) in [6.45, 7) is 0.122. The first kappa shape index (κ1) is 4.18. The molecule has 1 aliphatic rings. The van der Waals surface area contributed by atoms with E-state index in [4.69, 9.17) is 0 Å². The zero-order valence-electron chi connectivity index (χ0n) is 3.70. The topological polar surface area (TPSA) is 35.3 Å². The lowest BCUT2D eigenvalue weighted by Crippen LogP contribution is -2.09. The van der Waals surface area contributed by atoms with Crippen molar-refractivity contribution in [2.75, 3.05) is 6.73 Å². The van der Waals surface area contributed by atoms with Crippen LogP contribution in [0.5, 0.6) is 0 Å². The van der Waals surface area contributed by atoms with Crippen molar-refractivity contribution in [2.24, 2.45) is 0 Å². The van der Waals surface area contributed by atoms with Gasteiger partial charge in [-0.3, -0.25) is 0 Å². The van der Waals surface area contributed by atoms with Gasteiger partial charge in [-0.05, 0) is 0 Å². The van der Waals surface area contributed by atoms with Crippen molar-refractivity contribution < 1.29 is 9.48 Å². The van der Waals surface area contributed by atoms with Gasteiger partial charge in [-0.2, -0.15) is 4.74 Å². The van der Waals surface area contributed by atoms with Crippen LogP contribution in [0.15, 0.2) is 12.3 Å². The Hall–Kier alpha value is -0.990. The van der Waals surface area contributed by atoms with Crippen molar-refractivity contribution in [1.82, 2.24) is 0 Å². The van der Waals surface area contributed by atoms with E-state index in [0.717, 1.165) is 0 Å². The van der Waals surface area contributed by atoms with Crippen molar-refractivity contribution in [2.45, 2.75) is 0 Å². The molecule has 38 valence electrons. The van der Waals surface area contributed by atoms with Crippen molar-refractivity contribution in [3.8, 4) is 0 Å². The summed E-state index contributed by atoms with van der Waals surface area (Å²) in [7, 11) is 0. The minimum absolute atomic E-state index is 0.122. The maximum absolute atomic E-state index is 10.1. The summed E-state index contributed by atoms with van der Waals surface area (Å²) in [5, 5.41) is 10.1. The van der Waals surface area contributed by atoms with Crippen LogP contribution >= 0.6 is 0 Å². The third-order valence-electron chi connectivity index (χ3n) is 0.629. The number of nitrogens with zero attached hydrogens (tertiary/aromatic N) is 1. The Balaban J connectivity index is 2.57. The van der Waals surface area contributed by atoms with Crippen molar-refractivity contribution in [1.29, 1.82) is 0 Å². The normalized spacial score (nSPS) is 18.0.